The topological polar surface area (TPSA) is 47.6 Å². The molecule has 0 saturated heterocycles. The minimum atomic E-state index is -0.159. The van der Waals surface area contributed by atoms with Crippen LogP contribution in [0.25, 0.3) is 0 Å². The molecule has 1 amide bonds. The van der Waals surface area contributed by atoms with Gasteiger partial charge >= 0.3 is 0 Å². The number of carbonyl (C=O) groups excluding carboxylic acids is 1. The highest BCUT2D eigenvalue weighted by atomic mass is 16.5. The van der Waals surface area contributed by atoms with Crippen molar-refractivity contribution in [2.45, 2.75) is 33.1 Å². The highest BCUT2D eigenvalue weighted by Gasteiger charge is 2.18. The van der Waals surface area contributed by atoms with Gasteiger partial charge in [0.05, 0.1) is 6.54 Å². The summed E-state index contributed by atoms with van der Waals surface area (Å²) in [5.74, 6) is 1.39. The van der Waals surface area contributed by atoms with Gasteiger partial charge in [0.15, 0.2) is 6.61 Å². The zero-order valence-corrected chi connectivity index (χ0v) is 15.5. The third kappa shape index (κ3) is 6.14. The molecule has 0 saturated carbocycles. The standard InChI is InChI=1S/C21H27NO3/c1-16-9-11-17(12-10-16)25-15-20(23)22-13-14-24-19-8-6-5-7-18(19)21(2,3)4/h5-12H,13-15H2,1-4H3,(H,22,23). The van der Waals surface area contributed by atoms with Crippen LogP contribution in [0.2, 0.25) is 0 Å². The van der Waals surface area contributed by atoms with Gasteiger partial charge in [-0.05, 0) is 36.1 Å². The number of nitrogens with one attached hydrogen (secondary N) is 1. The molecule has 0 aliphatic heterocycles. The molecule has 0 spiro atoms. The van der Waals surface area contributed by atoms with Gasteiger partial charge in [-0.1, -0.05) is 56.7 Å². The highest BCUT2D eigenvalue weighted by Crippen LogP contribution is 2.30. The van der Waals surface area contributed by atoms with Crippen LogP contribution in [-0.2, 0) is 10.2 Å². The van der Waals surface area contributed by atoms with Crippen LogP contribution < -0.4 is 14.8 Å². The lowest BCUT2D eigenvalue weighted by molar-refractivity contribution is -0.123. The van der Waals surface area contributed by atoms with Gasteiger partial charge in [-0.3, -0.25) is 4.79 Å². The van der Waals surface area contributed by atoms with Crippen molar-refractivity contribution in [2.24, 2.45) is 0 Å². The molecule has 134 valence electrons. The molecule has 0 unspecified atom stereocenters. The summed E-state index contributed by atoms with van der Waals surface area (Å²) in [4.78, 5) is 11.8. The van der Waals surface area contributed by atoms with Gasteiger partial charge in [0.1, 0.15) is 18.1 Å². The molecule has 0 heterocycles. The van der Waals surface area contributed by atoms with Crippen LogP contribution in [0.5, 0.6) is 11.5 Å². The lowest BCUT2D eigenvalue weighted by Crippen LogP contribution is -2.32. The fraction of sp³-hybridized carbons (Fsp3) is 0.381. The lowest BCUT2D eigenvalue weighted by atomic mass is 9.86. The largest absolute Gasteiger partial charge is 0.491 e. The van der Waals surface area contributed by atoms with Crippen LogP contribution in [-0.4, -0.2) is 25.7 Å². The number of rotatable bonds is 7. The Bertz CT molecular complexity index is 687. The molecule has 0 fully saturated rings. The maximum Gasteiger partial charge on any atom is 0.258 e. The Morgan fingerprint density at radius 3 is 2.36 bits per heavy atom. The van der Waals surface area contributed by atoms with Crippen molar-refractivity contribution in [3.63, 3.8) is 0 Å². The summed E-state index contributed by atoms with van der Waals surface area (Å²) in [6.07, 6.45) is 0. The zero-order valence-electron chi connectivity index (χ0n) is 15.5. The van der Waals surface area contributed by atoms with E-state index in [1.54, 1.807) is 0 Å². The maximum atomic E-state index is 11.8. The van der Waals surface area contributed by atoms with Crippen molar-refractivity contribution in [1.82, 2.24) is 5.32 Å². The van der Waals surface area contributed by atoms with Crippen molar-refractivity contribution in [3.8, 4) is 11.5 Å². The first-order chi connectivity index (χ1) is 11.9. The second-order valence-electron chi connectivity index (χ2n) is 7.05. The average Bonchev–Trinajstić information content (AvgIpc) is 2.58. The summed E-state index contributed by atoms with van der Waals surface area (Å²) in [6, 6.07) is 15.6. The summed E-state index contributed by atoms with van der Waals surface area (Å²) in [6.45, 7) is 9.33. The molecule has 0 aromatic heterocycles. The summed E-state index contributed by atoms with van der Waals surface area (Å²) in [5.41, 5.74) is 2.33. The van der Waals surface area contributed by atoms with Crippen LogP contribution in [0.4, 0.5) is 0 Å². The van der Waals surface area contributed by atoms with E-state index < -0.39 is 0 Å². The Morgan fingerprint density at radius 1 is 1.00 bits per heavy atom. The number of benzene rings is 2. The minimum absolute atomic E-state index is 0.00163. The molecule has 2 rings (SSSR count). The van der Waals surface area contributed by atoms with Crippen LogP contribution in [0.15, 0.2) is 48.5 Å². The highest BCUT2D eigenvalue weighted by molar-refractivity contribution is 5.77. The number of aryl methyl sites for hydroxylation is 1. The molecule has 2 aromatic carbocycles. The molecule has 25 heavy (non-hydrogen) atoms. The molecule has 1 N–H and O–H groups in total. The van der Waals surface area contributed by atoms with Crippen molar-refractivity contribution in [2.75, 3.05) is 19.8 Å². The van der Waals surface area contributed by atoms with Gasteiger partial charge in [0.25, 0.3) is 5.91 Å². The smallest absolute Gasteiger partial charge is 0.258 e. The molecular formula is C21H27NO3. The average molecular weight is 341 g/mol. The summed E-state index contributed by atoms with van der Waals surface area (Å²) >= 11 is 0. The summed E-state index contributed by atoms with van der Waals surface area (Å²) < 4.78 is 11.3. The molecule has 0 aliphatic carbocycles. The van der Waals surface area contributed by atoms with E-state index in [1.165, 1.54) is 0 Å². The molecular weight excluding hydrogens is 314 g/mol. The number of para-hydroxylation sites is 1. The van der Waals surface area contributed by atoms with E-state index in [4.69, 9.17) is 9.47 Å². The summed E-state index contributed by atoms with van der Waals surface area (Å²) in [5, 5.41) is 2.80. The van der Waals surface area contributed by atoms with Gasteiger partial charge in [0.2, 0.25) is 0 Å². The van der Waals surface area contributed by atoms with Gasteiger partial charge < -0.3 is 14.8 Å². The monoisotopic (exact) mass is 341 g/mol. The first kappa shape index (κ1) is 18.8. The molecule has 0 aliphatic rings. The Labute approximate surface area is 150 Å². The Morgan fingerprint density at radius 2 is 1.68 bits per heavy atom. The quantitative estimate of drug-likeness (QED) is 0.778. The molecule has 0 bridgehead atoms. The number of hydrogen-bond donors (Lipinski definition) is 1. The van der Waals surface area contributed by atoms with E-state index in [0.29, 0.717) is 18.9 Å². The molecule has 0 radical (unpaired) electrons. The Hall–Kier alpha value is -2.49. The predicted molar refractivity (Wildman–Crippen MR) is 100 cm³/mol. The molecule has 4 nitrogen and oxygen atoms in total. The number of ether oxygens (including phenoxy) is 2. The van der Waals surface area contributed by atoms with Crippen LogP contribution in [0.3, 0.4) is 0 Å². The second kappa shape index (κ2) is 8.56. The predicted octanol–water partition coefficient (Wildman–Crippen LogP) is 3.87. The minimum Gasteiger partial charge on any atom is -0.491 e. The van der Waals surface area contributed by atoms with Crippen molar-refractivity contribution in [3.05, 3.63) is 59.7 Å². The number of carbonyl (C=O) groups is 1. The fourth-order valence-electron chi connectivity index (χ4n) is 2.40. The lowest BCUT2D eigenvalue weighted by Gasteiger charge is -2.22. The first-order valence-electron chi connectivity index (χ1n) is 8.55. The maximum absolute atomic E-state index is 11.8. The van der Waals surface area contributed by atoms with Gasteiger partial charge in [-0.25, -0.2) is 0 Å². The van der Waals surface area contributed by atoms with E-state index in [9.17, 15) is 4.79 Å². The fourth-order valence-corrected chi connectivity index (χ4v) is 2.40. The zero-order chi connectivity index (χ0) is 18.3. The SMILES string of the molecule is Cc1ccc(OCC(=O)NCCOc2ccccc2C(C)(C)C)cc1. The Balaban J connectivity index is 1.72. The van der Waals surface area contributed by atoms with Crippen molar-refractivity contribution < 1.29 is 14.3 Å². The number of amides is 1. The van der Waals surface area contributed by atoms with E-state index in [2.05, 4.69) is 32.2 Å². The van der Waals surface area contributed by atoms with Crippen LogP contribution in [0.1, 0.15) is 31.9 Å². The third-order valence-corrected chi connectivity index (χ3v) is 3.77. The third-order valence-electron chi connectivity index (χ3n) is 3.77. The van der Waals surface area contributed by atoms with Gasteiger partial charge in [-0.15, -0.1) is 0 Å². The van der Waals surface area contributed by atoms with E-state index in [-0.39, 0.29) is 17.9 Å². The molecule has 2 aromatic rings. The van der Waals surface area contributed by atoms with Crippen LogP contribution >= 0.6 is 0 Å². The summed E-state index contributed by atoms with van der Waals surface area (Å²) in [7, 11) is 0. The first-order valence-corrected chi connectivity index (χ1v) is 8.55. The van der Waals surface area contributed by atoms with Gasteiger partial charge in [0, 0.05) is 0 Å². The van der Waals surface area contributed by atoms with E-state index >= 15 is 0 Å². The number of hydrogen-bond acceptors (Lipinski definition) is 3. The van der Waals surface area contributed by atoms with Gasteiger partial charge in [-0.2, -0.15) is 0 Å². The van der Waals surface area contributed by atoms with E-state index in [1.807, 2.05) is 49.4 Å². The molecule has 0 atom stereocenters. The van der Waals surface area contributed by atoms with Crippen molar-refractivity contribution >= 4 is 5.91 Å². The Kier molecular flexibility index (Phi) is 6.45. The normalized spacial score (nSPS) is 11.0. The molecule has 4 heteroatoms. The second-order valence-corrected chi connectivity index (χ2v) is 7.05. The van der Waals surface area contributed by atoms with Crippen molar-refractivity contribution in [1.29, 1.82) is 0 Å². The van der Waals surface area contributed by atoms with Crippen LogP contribution in [0, 0.1) is 6.92 Å². The van der Waals surface area contributed by atoms with E-state index in [0.717, 1.165) is 16.9 Å².